The van der Waals surface area contributed by atoms with Crippen molar-refractivity contribution in [2.45, 2.75) is 37.7 Å². The number of sulfonamides is 1. The molecule has 1 fully saturated rings. The molecular weight excluding hydrogens is 361 g/mol. The van der Waals surface area contributed by atoms with E-state index in [-0.39, 0.29) is 10.5 Å². The van der Waals surface area contributed by atoms with Gasteiger partial charge < -0.3 is 5.11 Å². The summed E-state index contributed by atoms with van der Waals surface area (Å²) in [6.45, 7) is 2.17. The Morgan fingerprint density at radius 1 is 1.43 bits per heavy atom. The third-order valence-corrected chi connectivity index (χ3v) is 5.82. The number of hydrogen-bond acceptors (Lipinski definition) is 3. The quantitative estimate of drug-likeness (QED) is 0.792. The predicted molar refractivity (Wildman–Crippen MR) is 81.8 cm³/mol. The monoisotopic (exact) mass is 379 g/mol. The van der Waals surface area contributed by atoms with Gasteiger partial charge in [-0.15, -0.1) is 0 Å². The average molecular weight is 380 g/mol. The van der Waals surface area contributed by atoms with Crippen molar-refractivity contribution in [1.29, 1.82) is 0 Å². The molecule has 0 amide bonds. The molecule has 1 aliphatic carbocycles. The first-order valence-corrected chi connectivity index (χ1v) is 9.22. The lowest BCUT2D eigenvalue weighted by Gasteiger charge is -2.22. The van der Waals surface area contributed by atoms with E-state index in [0.29, 0.717) is 29.9 Å². The van der Waals surface area contributed by atoms with E-state index in [4.69, 9.17) is 5.11 Å². The van der Waals surface area contributed by atoms with Crippen molar-refractivity contribution < 1.29 is 17.9 Å². The summed E-state index contributed by atoms with van der Waals surface area (Å²) in [6, 6.07) is 2.65. The highest BCUT2D eigenvalue weighted by Crippen LogP contribution is 2.33. The topological polar surface area (TPSA) is 57.6 Å². The molecule has 0 saturated heterocycles. The van der Waals surface area contributed by atoms with Crippen LogP contribution in [0.1, 0.15) is 31.7 Å². The summed E-state index contributed by atoms with van der Waals surface area (Å²) in [5.74, 6) is -0.476. The van der Waals surface area contributed by atoms with E-state index in [1.54, 1.807) is 0 Å². The maximum atomic E-state index is 14.3. The number of aliphatic hydroxyl groups excluding tert-OH is 1. The Hall–Kier alpha value is -0.500. The average Bonchev–Trinajstić information content (AvgIpc) is 3.24. The normalized spacial score (nSPS) is 15.7. The van der Waals surface area contributed by atoms with Crippen molar-refractivity contribution in [2.75, 3.05) is 13.1 Å². The van der Waals surface area contributed by atoms with Crippen LogP contribution < -0.4 is 0 Å². The van der Waals surface area contributed by atoms with Crippen LogP contribution in [0.5, 0.6) is 0 Å². The molecule has 1 aromatic rings. The van der Waals surface area contributed by atoms with E-state index >= 15 is 0 Å². The summed E-state index contributed by atoms with van der Waals surface area (Å²) in [4.78, 5) is -0.366. The van der Waals surface area contributed by atoms with Crippen molar-refractivity contribution in [3.63, 3.8) is 0 Å². The molecule has 0 heterocycles. The molecule has 21 heavy (non-hydrogen) atoms. The van der Waals surface area contributed by atoms with Crippen molar-refractivity contribution in [2.24, 2.45) is 5.92 Å². The number of nitrogens with zero attached hydrogens (tertiary/aromatic N) is 1. The van der Waals surface area contributed by atoms with Crippen LogP contribution in [0.25, 0.3) is 0 Å². The molecule has 0 atom stereocenters. The molecule has 1 N–H and O–H groups in total. The first kappa shape index (κ1) is 16.9. The minimum atomic E-state index is -3.89. The van der Waals surface area contributed by atoms with Gasteiger partial charge in [0.25, 0.3) is 0 Å². The summed E-state index contributed by atoms with van der Waals surface area (Å²) in [6.07, 6.45) is 2.73. The fourth-order valence-corrected chi connectivity index (χ4v) is 4.61. The van der Waals surface area contributed by atoms with E-state index < -0.39 is 22.4 Å². The number of halogens is 2. The van der Waals surface area contributed by atoms with Gasteiger partial charge in [0.15, 0.2) is 0 Å². The van der Waals surface area contributed by atoms with E-state index in [2.05, 4.69) is 15.9 Å². The fourth-order valence-electron chi connectivity index (χ4n) is 2.21. The first-order chi connectivity index (χ1) is 9.90. The molecule has 0 bridgehead atoms. The highest BCUT2D eigenvalue weighted by molar-refractivity contribution is 9.10. The Bertz CT molecular complexity index is 617. The van der Waals surface area contributed by atoms with Crippen LogP contribution in [0, 0.1) is 11.7 Å². The zero-order valence-corrected chi connectivity index (χ0v) is 14.3. The highest BCUT2D eigenvalue weighted by Gasteiger charge is 2.33. The lowest BCUT2D eigenvalue weighted by atomic mass is 10.2. The standard InChI is InChI=1S/C14H19BrFNO3S/c1-2-5-17(8-10-3-4-10)21(19,20)13-7-12(15)6-11(9-18)14(13)16/h6-7,10,18H,2-5,8-9H2,1H3. The Labute approximate surface area is 133 Å². The zero-order valence-electron chi connectivity index (χ0n) is 11.8. The second-order valence-electron chi connectivity index (χ2n) is 5.34. The summed E-state index contributed by atoms with van der Waals surface area (Å²) < 4.78 is 41.5. The van der Waals surface area contributed by atoms with Crippen molar-refractivity contribution in [3.8, 4) is 0 Å². The van der Waals surface area contributed by atoms with Crippen LogP contribution in [0.2, 0.25) is 0 Å². The molecule has 0 unspecified atom stereocenters. The molecule has 118 valence electrons. The van der Waals surface area contributed by atoms with Gasteiger partial charge in [-0.2, -0.15) is 4.31 Å². The largest absolute Gasteiger partial charge is 0.392 e. The minimum absolute atomic E-state index is 0.0224. The Kier molecular flexibility index (Phi) is 5.40. The molecule has 0 aromatic heterocycles. The van der Waals surface area contributed by atoms with E-state index in [9.17, 15) is 12.8 Å². The Morgan fingerprint density at radius 3 is 2.62 bits per heavy atom. The van der Waals surface area contributed by atoms with Crippen LogP contribution in [0.4, 0.5) is 4.39 Å². The van der Waals surface area contributed by atoms with Crippen LogP contribution >= 0.6 is 15.9 Å². The molecule has 1 saturated carbocycles. The fraction of sp³-hybridized carbons (Fsp3) is 0.571. The number of hydrogen-bond donors (Lipinski definition) is 1. The number of aliphatic hydroxyl groups is 1. The van der Waals surface area contributed by atoms with Crippen molar-refractivity contribution in [3.05, 3.63) is 28.0 Å². The van der Waals surface area contributed by atoms with Gasteiger partial charge in [-0.1, -0.05) is 22.9 Å². The smallest absolute Gasteiger partial charge is 0.246 e. The van der Waals surface area contributed by atoms with Gasteiger partial charge in [0.05, 0.1) is 6.61 Å². The minimum Gasteiger partial charge on any atom is -0.392 e. The second-order valence-corrected chi connectivity index (χ2v) is 8.16. The van der Waals surface area contributed by atoms with Gasteiger partial charge in [-0.05, 0) is 37.3 Å². The lowest BCUT2D eigenvalue weighted by Crippen LogP contribution is -2.34. The first-order valence-electron chi connectivity index (χ1n) is 6.99. The summed E-state index contributed by atoms with van der Waals surface area (Å²) in [5.41, 5.74) is -0.0224. The van der Waals surface area contributed by atoms with Crippen LogP contribution in [-0.4, -0.2) is 30.9 Å². The molecular formula is C14H19BrFNO3S. The third-order valence-electron chi connectivity index (χ3n) is 3.50. The molecule has 7 heteroatoms. The Balaban J connectivity index is 2.43. The van der Waals surface area contributed by atoms with Gasteiger partial charge in [0.2, 0.25) is 10.0 Å². The van der Waals surface area contributed by atoms with Crippen LogP contribution in [0.3, 0.4) is 0 Å². The Morgan fingerprint density at radius 2 is 2.10 bits per heavy atom. The molecule has 1 aromatic carbocycles. The maximum Gasteiger partial charge on any atom is 0.246 e. The van der Waals surface area contributed by atoms with Gasteiger partial charge >= 0.3 is 0 Å². The molecule has 0 radical (unpaired) electrons. The van der Waals surface area contributed by atoms with E-state index in [1.807, 2.05) is 6.92 Å². The summed E-state index contributed by atoms with van der Waals surface area (Å²) in [5, 5.41) is 9.16. The molecule has 2 rings (SSSR count). The SMILES string of the molecule is CCCN(CC1CC1)S(=O)(=O)c1cc(Br)cc(CO)c1F. The van der Waals surface area contributed by atoms with Crippen molar-refractivity contribution in [1.82, 2.24) is 4.31 Å². The van der Waals surface area contributed by atoms with Gasteiger partial charge in [0.1, 0.15) is 10.7 Å². The van der Waals surface area contributed by atoms with E-state index in [1.165, 1.54) is 16.4 Å². The lowest BCUT2D eigenvalue weighted by molar-refractivity contribution is 0.274. The molecule has 0 spiro atoms. The summed E-state index contributed by atoms with van der Waals surface area (Å²) in [7, 11) is -3.89. The number of benzene rings is 1. The van der Waals surface area contributed by atoms with E-state index in [0.717, 1.165) is 12.8 Å². The molecule has 4 nitrogen and oxygen atoms in total. The predicted octanol–water partition coefficient (Wildman–Crippen LogP) is 2.89. The van der Waals surface area contributed by atoms with Gasteiger partial charge in [-0.25, -0.2) is 12.8 Å². The van der Waals surface area contributed by atoms with Gasteiger partial charge in [0, 0.05) is 23.1 Å². The highest BCUT2D eigenvalue weighted by atomic mass is 79.9. The second kappa shape index (κ2) is 6.73. The maximum absolute atomic E-state index is 14.3. The molecule has 0 aliphatic heterocycles. The van der Waals surface area contributed by atoms with Crippen LogP contribution in [0.15, 0.2) is 21.5 Å². The third kappa shape index (κ3) is 3.83. The van der Waals surface area contributed by atoms with Crippen molar-refractivity contribution >= 4 is 26.0 Å². The van der Waals surface area contributed by atoms with Crippen LogP contribution in [-0.2, 0) is 16.6 Å². The van der Waals surface area contributed by atoms with Gasteiger partial charge in [-0.3, -0.25) is 0 Å². The summed E-state index contributed by atoms with van der Waals surface area (Å²) >= 11 is 3.17. The zero-order chi connectivity index (χ0) is 15.6. The molecule has 1 aliphatic rings. The number of rotatable bonds is 7.